The van der Waals surface area contributed by atoms with E-state index in [4.69, 9.17) is 0 Å². The molecule has 0 aliphatic heterocycles. The Morgan fingerprint density at radius 1 is 0.909 bits per heavy atom. The molecule has 1 N–H and O–H groups in total. The number of para-hydroxylation sites is 1. The Bertz CT molecular complexity index is 713. The van der Waals surface area contributed by atoms with E-state index in [2.05, 4.69) is 57.6 Å². The third-order valence-electron chi connectivity index (χ3n) is 3.53. The highest BCUT2D eigenvalue weighted by Crippen LogP contribution is 2.26. The second-order valence-electron chi connectivity index (χ2n) is 4.99. The summed E-state index contributed by atoms with van der Waals surface area (Å²) in [5, 5.41) is 3.40. The summed E-state index contributed by atoms with van der Waals surface area (Å²) in [5.41, 5.74) is 4.46. The van der Waals surface area contributed by atoms with Crippen LogP contribution in [0.1, 0.15) is 5.56 Å². The number of nitrogens with zero attached hydrogens (tertiary/aromatic N) is 3. The van der Waals surface area contributed by atoms with E-state index in [9.17, 15) is 0 Å². The van der Waals surface area contributed by atoms with E-state index in [0.29, 0.717) is 0 Å². The standard InChI is InChI=1S/C18H18N4/c1-22(17-8-5-11-20-14-17)18-9-3-2-6-15(18)12-21-16-7-4-10-19-13-16/h2-11,13-14,21H,12H2,1H3. The summed E-state index contributed by atoms with van der Waals surface area (Å²) in [4.78, 5) is 10.5. The normalized spacial score (nSPS) is 10.2. The molecule has 3 rings (SSSR count). The zero-order chi connectivity index (χ0) is 15.2. The fourth-order valence-corrected chi connectivity index (χ4v) is 2.34. The number of hydrogen-bond donors (Lipinski definition) is 1. The highest BCUT2D eigenvalue weighted by atomic mass is 15.1. The van der Waals surface area contributed by atoms with Gasteiger partial charge in [-0.2, -0.15) is 0 Å². The molecule has 4 heteroatoms. The van der Waals surface area contributed by atoms with Crippen molar-refractivity contribution in [2.75, 3.05) is 17.3 Å². The molecule has 3 aromatic rings. The molecule has 0 atom stereocenters. The van der Waals surface area contributed by atoms with Crippen LogP contribution in [0, 0.1) is 0 Å². The van der Waals surface area contributed by atoms with Gasteiger partial charge in [-0.15, -0.1) is 0 Å². The molecule has 0 saturated carbocycles. The molecule has 0 aliphatic carbocycles. The molecular weight excluding hydrogens is 272 g/mol. The minimum atomic E-state index is 0.743. The summed E-state index contributed by atoms with van der Waals surface area (Å²) in [6, 6.07) is 16.3. The number of aromatic nitrogens is 2. The molecule has 0 amide bonds. The summed E-state index contributed by atoms with van der Waals surface area (Å²) in [6.45, 7) is 0.743. The summed E-state index contributed by atoms with van der Waals surface area (Å²) in [5.74, 6) is 0. The van der Waals surface area contributed by atoms with Crippen molar-refractivity contribution >= 4 is 17.1 Å². The van der Waals surface area contributed by atoms with Crippen molar-refractivity contribution in [2.45, 2.75) is 6.54 Å². The van der Waals surface area contributed by atoms with Gasteiger partial charge in [0.2, 0.25) is 0 Å². The van der Waals surface area contributed by atoms with Crippen molar-refractivity contribution in [3.63, 3.8) is 0 Å². The van der Waals surface area contributed by atoms with E-state index in [1.54, 1.807) is 12.4 Å². The topological polar surface area (TPSA) is 41.1 Å². The lowest BCUT2D eigenvalue weighted by atomic mass is 10.1. The van der Waals surface area contributed by atoms with Crippen LogP contribution in [0.4, 0.5) is 17.1 Å². The van der Waals surface area contributed by atoms with Gasteiger partial charge in [0.1, 0.15) is 0 Å². The molecule has 0 radical (unpaired) electrons. The SMILES string of the molecule is CN(c1cccnc1)c1ccccc1CNc1cccnc1. The molecule has 0 aliphatic rings. The van der Waals surface area contributed by atoms with Gasteiger partial charge in [0, 0.05) is 37.9 Å². The first kappa shape index (κ1) is 14.1. The van der Waals surface area contributed by atoms with E-state index in [0.717, 1.165) is 23.6 Å². The highest BCUT2D eigenvalue weighted by molar-refractivity contribution is 5.65. The molecule has 0 fully saturated rings. The molecule has 22 heavy (non-hydrogen) atoms. The van der Waals surface area contributed by atoms with Crippen LogP contribution < -0.4 is 10.2 Å². The van der Waals surface area contributed by atoms with Crippen molar-refractivity contribution in [3.8, 4) is 0 Å². The monoisotopic (exact) mass is 290 g/mol. The van der Waals surface area contributed by atoms with Gasteiger partial charge in [-0.05, 0) is 35.9 Å². The molecular formula is C18H18N4. The lowest BCUT2D eigenvalue weighted by Crippen LogP contribution is -2.13. The van der Waals surface area contributed by atoms with Gasteiger partial charge >= 0.3 is 0 Å². The number of nitrogens with one attached hydrogen (secondary N) is 1. The molecule has 4 nitrogen and oxygen atoms in total. The van der Waals surface area contributed by atoms with Crippen LogP contribution in [0.3, 0.4) is 0 Å². The van der Waals surface area contributed by atoms with Gasteiger partial charge in [0.25, 0.3) is 0 Å². The first-order valence-corrected chi connectivity index (χ1v) is 7.20. The number of rotatable bonds is 5. The number of pyridine rings is 2. The van der Waals surface area contributed by atoms with Gasteiger partial charge in [0.15, 0.2) is 0 Å². The number of hydrogen-bond acceptors (Lipinski definition) is 4. The lowest BCUT2D eigenvalue weighted by molar-refractivity contribution is 1.09. The Hall–Kier alpha value is -2.88. The Morgan fingerprint density at radius 3 is 2.41 bits per heavy atom. The second-order valence-corrected chi connectivity index (χ2v) is 4.99. The fraction of sp³-hybridized carbons (Fsp3) is 0.111. The van der Waals surface area contributed by atoms with Crippen LogP contribution in [0.25, 0.3) is 0 Å². The van der Waals surface area contributed by atoms with Crippen LogP contribution in [-0.2, 0) is 6.54 Å². The van der Waals surface area contributed by atoms with Crippen molar-refractivity contribution < 1.29 is 0 Å². The fourth-order valence-electron chi connectivity index (χ4n) is 2.34. The molecule has 2 heterocycles. The van der Waals surface area contributed by atoms with Crippen molar-refractivity contribution in [2.24, 2.45) is 0 Å². The van der Waals surface area contributed by atoms with Crippen molar-refractivity contribution in [3.05, 3.63) is 78.9 Å². The molecule has 0 spiro atoms. The quantitative estimate of drug-likeness (QED) is 0.774. The Labute approximate surface area is 130 Å². The molecule has 0 saturated heterocycles. The lowest BCUT2D eigenvalue weighted by Gasteiger charge is -2.22. The van der Waals surface area contributed by atoms with Crippen LogP contribution in [0.5, 0.6) is 0 Å². The average Bonchev–Trinajstić information content (AvgIpc) is 2.61. The van der Waals surface area contributed by atoms with Crippen LogP contribution in [-0.4, -0.2) is 17.0 Å². The molecule has 2 aromatic heterocycles. The average molecular weight is 290 g/mol. The van der Waals surface area contributed by atoms with Crippen LogP contribution in [0.2, 0.25) is 0 Å². The maximum absolute atomic E-state index is 4.19. The van der Waals surface area contributed by atoms with Gasteiger partial charge in [-0.25, -0.2) is 0 Å². The van der Waals surface area contributed by atoms with E-state index < -0.39 is 0 Å². The zero-order valence-corrected chi connectivity index (χ0v) is 12.5. The third kappa shape index (κ3) is 3.23. The molecule has 0 unspecified atom stereocenters. The summed E-state index contributed by atoms with van der Waals surface area (Å²) >= 11 is 0. The molecule has 1 aromatic carbocycles. The van der Waals surface area contributed by atoms with E-state index in [-0.39, 0.29) is 0 Å². The second kappa shape index (κ2) is 6.72. The summed E-state index contributed by atoms with van der Waals surface area (Å²) < 4.78 is 0. The molecule has 110 valence electrons. The minimum absolute atomic E-state index is 0.743. The van der Waals surface area contributed by atoms with E-state index in [1.165, 1.54) is 5.56 Å². The highest BCUT2D eigenvalue weighted by Gasteiger charge is 2.08. The first-order chi connectivity index (χ1) is 10.8. The summed E-state index contributed by atoms with van der Waals surface area (Å²) in [6.07, 6.45) is 7.25. The van der Waals surface area contributed by atoms with E-state index >= 15 is 0 Å². The first-order valence-electron chi connectivity index (χ1n) is 7.20. The van der Waals surface area contributed by atoms with Gasteiger partial charge in [0.05, 0.1) is 17.6 Å². The molecule has 0 bridgehead atoms. The van der Waals surface area contributed by atoms with E-state index in [1.807, 2.05) is 30.6 Å². The smallest absolute Gasteiger partial charge is 0.0594 e. The number of benzene rings is 1. The predicted molar refractivity (Wildman–Crippen MR) is 90.3 cm³/mol. The Morgan fingerprint density at radius 2 is 1.68 bits per heavy atom. The Kier molecular flexibility index (Phi) is 4.30. The van der Waals surface area contributed by atoms with Crippen LogP contribution in [0.15, 0.2) is 73.3 Å². The van der Waals surface area contributed by atoms with Gasteiger partial charge in [-0.1, -0.05) is 18.2 Å². The third-order valence-corrected chi connectivity index (χ3v) is 3.53. The maximum Gasteiger partial charge on any atom is 0.0594 e. The minimum Gasteiger partial charge on any atom is -0.380 e. The van der Waals surface area contributed by atoms with Crippen molar-refractivity contribution in [1.29, 1.82) is 0 Å². The van der Waals surface area contributed by atoms with Crippen LogP contribution >= 0.6 is 0 Å². The predicted octanol–water partition coefficient (Wildman–Crippen LogP) is 3.86. The number of anilines is 3. The van der Waals surface area contributed by atoms with Gasteiger partial charge in [-0.3, -0.25) is 9.97 Å². The maximum atomic E-state index is 4.19. The Balaban J connectivity index is 1.81. The summed E-state index contributed by atoms with van der Waals surface area (Å²) in [7, 11) is 2.06. The zero-order valence-electron chi connectivity index (χ0n) is 12.5. The van der Waals surface area contributed by atoms with Crippen molar-refractivity contribution in [1.82, 2.24) is 9.97 Å². The van der Waals surface area contributed by atoms with Gasteiger partial charge < -0.3 is 10.2 Å². The largest absolute Gasteiger partial charge is 0.380 e.